The van der Waals surface area contributed by atoms with Gasteiger partial charge in [0.25, 0.3) is 5.69 Å². The molecule has 8 heteroatoms. The van der Waals surface area contributed by atoms with Gasteiger partial charge in [0, 0.05) is 17.7 Å². The van der Waals surface area contributed by atoms with Crippen molar-refractivity contribution in [1.29, 1.82) is 0 Å². The molecule has 1 aromatic heterocycles. The van der Waals surface area contributed by atoms with Gasteiger partial charge in [-0.1, -0.05) is 42.5 Å². The number of nitro benzene ring substituents is 1. The molecule has 2 aromatic carbocycles. The first-order valence-corrected chi connectivity index (χ1v) is 7.68. The lowest BCUT2D eigenvalue weighted by atomic mass is 10.2. The van der Waals surface area contributed by atoms with Crippen LogP contribution in [0.1, 0.15) is 5.56 Å². The van der Waals surface area contributed by atoms with Gasteiger partial charge in [-0.15, -0.1) is 0 Å². The Hall–Kier alpha value is -3.81. The molecule has 0 aliphatic carbocycles. The van der Waals surface area contributed by atoms with Gasteiger partial charge >= 0.3 is 0 Å². The second-order valence-corrected chi connectivity index (χ2v) is 5.17. The Balaban J connectivity index is 1.85. The van der Waals surface area contributed by atoms with Crippen LogP contribution >= 0.6 is 0 Å². The van der Waals surface area contributed by atoms with E-state index in [0.717, 1.165) is 5.56 Å². The van der Waals surface area contributed by atoms with Crippen molar-refractivity contribution in [2.24, 2.45) is 5.10 Å². The molecule has 3 aromatic rings. The van der Waals surface area contributed by atoms with Gasteiger partial charge in [-0.05, 0) is 6.07 Å². The molecule has 1 heterocycles. The zero-order valence-corrected chi connectivity index (χ0v) is 13.9. The van der Waals surface area contributed by atoms with Crippen LogP contribution in [0.5, 0.6) is 5.88 Å². The first-order chi connectivity index (χ1) is 12.7. The Morgan fingerprint density at radius 1 is 1.12 bits per heavy atom. The van der Waals surface area contributed by atoms with Crippen LogP contribution in [0.4, 0.5) is 11.5 Å². The van der Waals surface area contributed by atoms with Gasteiger partial charge in [-0.2, -0.15) is 10.1 Å². The van der Waals surface area contributed by atoms with Crippen molar-refractivity contribution in [3.8, 4) is 17.3 Å². The zero-order valence-electron chi connectivity index (χ0n) is 13.9. The van der Waals surface area contributed by atoms with E-state index < -0.39 is 4.92 Å². The minimum Gasteiger partial charge on any atom is -0.481 e. The Morgan fingerprint density at radius 3 is 2.58 bits per heavy atom. The number of rotatable bonds is 6. The lowest BCUT2D eigenvalue weighted by molar-refractivity contribution is -0.385. The van der Waals surface area contributed by atoms with Crippen molar-refractivity contribution < 1.29 is 9.66 Å². The molecule has 0 fully saturated rings. The Morgan fingerprint density at radius 2 is 1.85 bits per heavy atom. The Labute approximate surface area is 149 Å². The number of methoxy groups -OCH3 is 1. The average Bonchev–Trinajstić information content (AvgIpc) is 2.68. The van der Waals surface area contributed by atoms with Crippen LogP contribution < -0.4 is 10.2 Å². The summed E-state index contributed by atoms with van der Waals surface area (Å²) in [5.74, 6) is 1.26. The summed E-state index contributed by atoms with van der Waals surface area (Å²) in [6, 6.07) is 17.4. The SMILES string of the molecule is COc1cc(NN=Cc2ccccc2[N+](=O)[O-])nc(-c2ccccc2)n1. The van der Waals surface area contributed by atoms with Crippen molar-refractivity contribution in [3.05, 3.63) is 76.3 Å². The molecule has 26 heavy (non-hydrogen) atoms. The number of hydrogen-bond acceptors (Lipinski definition) is 7. The highest BCUT2D eigenvalue weighted by Gasteiger charge is 2.10. The molecule has 0 amide bonds. The third kappa shape index (κ3) is 3.99. The standard InChI is InChI=1S/C18H15N5O3/c1-26-17-11-16(20-18(21-17)13-7-3-2-4-8-13)22-19-12-14-9-5-6-10-15(14)23(24)25/h2-12H,1H3,(H,20,21,22). The summed E-state index contributed by atoms with van der Waals surface area (Å²) in [6.45, 7) is 0. The molecular formula is C18H15N5O3. The van der Waals surface area contributed by atoms with Crippen molar-refractivity contribution in [1.82, 2.24) is 9.97 Å². The number of nitro groups is 1. The van der Waals surface area contributed by atoms with E-state index in [1.807, 2.05) is 30.3 Å². The van der Waals surface area contributed by atoms with Crippen molar-refractivity contribution in [3.63, 3.8) is 0 Å². The molecule has 0 radical (unpaired) electrons. The molecule has 0 unspecified atom stereocenters. The summed E-state index contributed by atoms with van der Waals surface area (Å²) >= 11 is 0. The zero-order chi connectivity index (χ0) is 18.4. The number of hydrogen-bond donors (Lipinski definition) is 1. The van der Waals surface area contributed by atoms with Crippen molar-refractivity contribution in [2.75, 3.05) is 12.5 Å². The molecule has 3 rings (SSSR count). The quantitative estimate of drug-likeness (QED) is 0.415. The van der Waals surface area contributed by atoms with Crippen LogP contribution in [0.25, 0.3) is 11.4 Å². The number of nitrogens with one attached hydrogen (secondary N) is 1. The maximum absolute atomic E-state index is 11.0. The fourth-order valence-corrected chi connectivity index (χ4v) is 2.23. The van der Waals surface area contributed by atoms with Crippen LogP contribution in [-0.2, 0) is 0 Å². The summed E-state index contributed by atoms with van der Waals surface area (Å²) in [6.07, 6.45) is 1.37. The van der Waals surface area contributed by atoms with Crippen LogP contribution in [-0.4, -0.2) is 28.2 Å². The normalized spacial score (nSPS) is 10.7. The highest BCUT2D eigenvalue weighted by molar-refractivity contribution is 5.85. The molecule has 0 spiro atoms. The van der Waals surface area contributed by atoms with E-state index in [4.69, 9.17) is 4.74 Å². The molecule has 0 bridgehead atoms. The van der Waals surface area contributed by atoms with Gasteiger partial charge in [-0.3, -0.25) is 15.5 Å². The third-order valence-corrected chi connectivity index (χ3v) is 3.46. The second kappa shape index (κ2) is 7.84. The predicted octanol–water partition coefficient (Wildman–Crippen LogP) is 3.51. The van der Waals surface area contributed by atoms with Gasteiger partial charge < -0.3 is 4.74 Å². The summed E-state index contributed by atoms with van der Waals surface area (Å²) in [4.78, 5) is 19.3. The highest BCUT2D eigenvalue weighted by Crippen LogP contribution is 2.21. The smallest absolute Gasteiger partial charge is 0.278 e. The van der Waals surface area contributed by atoms with Crippen LogP contribution in [0, 0.1) is 10.1 Å². The molecule has 0 aliphatic rings. The molecule has 0 aliphatic heterocycles. The van der Waals surface area contributed by atoms with Gasteiger partial charge in [-0.25, -0.2) is 4.98 Å². The molecule has 0 saturated carbocycles. The van der Waals surface area contributed by atoms with E-state index in [9.17, 15) is 10.1 Å². The topological polar surface area (TPSA) is 103 Å². The van der Waals surface area contributed by atoms with Crippen LogP contribution in [0.3, 0.4) is 0 Å². The fraction of sp³-hybridized carbons (Fsp3) is 0.0556. The first kappa shape index (κ1) is 17.0. The minimum absolute atomic E-state index is 0.0247. The molecule has 0 atom stereocenters. The van der Waals surface area contributed by atoms with Gasteiger partial charge in [0.05, 0.1) is 23.8 Å². The highest BCUT2D eigenvalue weighted by atomic mass is 16.6. The van der Waals surface area contributed by atoms with Crippen LogP contribution in [0.15, 0.2) is 65.8 Å². The van der Waals surface area contributed by atoms with E-state index in [-0.39, 0.29) is 5.69 Å². The van der Waals surface area contributed by atoms with Crippen molar-refractivity contribution >= 4 is 17.7 Å². The number of aromatic nitrogens is 2. The molecule has 130 valence electrons. The summed E-state index contributed by atoms with van der Waals surface area (Å²) in [7, 11) is 1.51. The van der Waals surface area contributed by atoms with Gasteiger partial charge in [0.2, 0.25) is 5.88 Å². The van der Waals surface area contributed by atoms with Crippen LogP contribution in [0.2, 0.25) is 0 Å². The minimum atomic E-state index is -0.456. The summed E-state index contributed by atoms with van der Waals surface area (Å²) < 4.78 is 5.20. The number of hydrazone groups is 1. The average molecular weight is 349 g/mol. The molecule has 0 saturated heterocycles. The molecular weight excluding hydrogens is 334 g/mol. The van der Waals surface area contributed by atoms with E-state index >= 15 is 0 Å². The summed E-state index contributed by atoms with van der Waals surface area (Å²) in [5, 5.41) is 15.1. The number of anilines is 1. The number of benzene rings is 2. The van der Waals surface area contributed by atoms with Crippen molar-refractivity contribution in [2.45, 2.75) is 0 Å². The Kier molecular flexibility index (Phi) is 5.14. The third-order valence-electron chi connectivity index (χ3n) is 3.46. The second-order valence-electron chi connectivity index (χ2n) is 5.17. The number of para-hydroxylation sites is 1. The van der Waals surface area contributed by atoms with E-state index in [1.54, 1.807) is 24.3 Å². The largest absolute Gasteiger partial charge is 0.481 e. The lowest BCUT2D eigenvalue weighted by Gasteiger charge is -2.06. The molecule has 1 N–H and O–H groups in total. The number of nitrogens with zero attached hydrogens (tertiary/aromatic N) is 4. The van der Waals surface area contributed by atoms with E-state index in [2.05, 4.69) is 20.5 Å². The molecule has 8 nitrogen and oxygen atoms in total. The fourth-order valence-electron chi connectivity index (χ4n) is 2.23. The maximum Gasteiger partial charge on any atom is 0.278 e. The first-order valence-electron chi connectivity index (χ1n) is 7.68. The Bertz CT molecular complexity index is 945. The maximum atomic E-state index is 11.0. The number of ether oxygens (including phenoxy) is 1. The van der Waals surface area contributed by atoms with E-state index in [0.29, 0.717) is 23.1 Å². The lowest BCUT2D eigenvalue weighted by Crippen LogP contribution is -2.00. The van der Waals surface area contributed by atoms with E-state index in [1.165, 1.54) is 19.4 Å². The summed E-state index contributed by atoms with van der Waals surface area (Å²) in [5.41, 5.74) is 3.95. The monoisotopic (exact) mass is 349 g/mol. The predicted molar refractivity (Wildman–Crippen MR) is 98.3 cm³/mol. The van der Waals surface area contributed by atoms with Gasteiger partial charge in [0.1, 0.15) is 0 Å². The van der Waals surface area contributed by atoms with Gasteiger partial charge in [0.15, 0.2) is 11.6 Å².